The minimum atomic E-state index is -3.42. The van der Waals surface area contributed by atoms with E-state index in [2.05, 4.69) is 12.2 Å². The van der Waals surface area contributed by atoms with Gasteiger partial charge in [-0.25, -0.2) is 8.42 Å². The van der Waals surface area contributed by atoms with Crippen molar-refractivity contribution < 1.29 is 8.42 Å². The summed E-state index contributed by atoms with van der Waals surface area (Å²) < 4.78 is 27.1. The summed E-state index contributed by atoms with van der Waals surface area (Å²) in [4.78, 5) is 0.387. The van der Waals surface area contributed by atoms with Crippen LogP contribution in [0.3, 0.4) is 0 Å². The molecule has 0 saturated heterocycles. The Balaban J connectivity index is 1.59. The molecule has 0 aromatic heterocycles. The van der Waals surface area contributed by atoms with E-state index in [-0.39, 0.29) is 5.41 Å². The van der Waals surface area contributed by atoms with Gasteiger partial charge in [0.15, 0.2) is 0 Å². The van der Waals surface area contributed by atoms with E-state index in [4.69, 9.17) is 0 Å². The molecule has 3 aliphatic rings. The van der Waals surface area contributed by atoms with Crippen LogP contribution in [0, 0.1) is 18.3 Å². The second-order valence-corrected chi connectivity index (χ2v) is 9.01. The summed E-state index contributed by atoms with van der Waals surface area (Å²) in [5.74, 6) is 0.456. The van der Waals surface area contributed by atoms with E-state index in [0.29, 0.717) is 17.4 Å². The summed E-state index contributed by atoms with van der Waals surface area (Å²) in [7, 11) is -3.42. The van der Waals surface area contributed by atoms with Gasteiger partial charge in [-0.2, -0.15) is 0 Å². The largest absolute Gasteiger partial charge is 0.273 e. The van der Waals surface area contributed by atoms with Crippen LogP contribution in [0.15, 0.2) is 53.1 Å². The molecular weight excluding hydrogens is 306 g/mol. The second-order valence-electron chi connectivity index (χ2n) is 7.12. The fourth-order valence-corrected chi connectivity index (χ4v) is 5.41. The molecule has 4 heteroatoms. The number of hydrogen-bond acceptors (Lipinski definition) is 2. The molecular formula is C19H23NO2S. The van der Waals surface area contributed by atoms with Gasteiger partial charge in [-0.05, 0) is 57.1 Å². The average molecular weight is 329 g/mol. The van der Waals surface area contributed by atoms with E-state index in [0.717, 1.165) is 12.0 Å². The number of nitrogens with zero attached hydrogens (tertiary/aromatic N) is 1. The molecule has 0 bridgehead atoms. The Morgan fingerprint density at radius 3 is 2.61 bits per heavy atom. The van der Waals surface area contributed by atoms with Crippen LogP contribution in [-0.2, 0) is 10.0 Å². The Labute approximate surface area is 138 Å². The smallest absolute Gasteiger partial charge is 0.263 e. The molecule has 122 valence electrons. The lowest BCUT2D eigenvalue weighted by Gasteiger charge is -2.29. The maximum absolute atomic E-state index is 12.8. The lowest BCUT2D eigenvalue weighted by atomic mass is 9.84. The molecule has 0 amide bonds. The third-order valence-corrected chi connectivity index (χ3v) is 7.36. The van der Waals surface area contributed by atoms with E-state index < -0.39 is 10.0 Å². The number of benzene rings is 1. The fourth-order valence-electron chi connectivity index (χ4n) is 4.06. The van der Waals surface area contributed by atoms with Crippen LogP contribution >= 0.6 is 0 Å². The van der Waals surface area contributed by atoms with Gasteiger partial charge in [0.05, 0.1) is 4.90 Å². The van der Waals surface area contributed by atoms with Crippen LogP contribution < -0.4 is 0 Å². The first-order chi connectivity index (χ1) is 11.0. The number of aryl methyl sites for hydroxylation is 1. The van der Waals surface area contributed by atoms with E-state index in [1.165, 1.54) is 30.0 Å². The van der Waals surface area contributed by atoms with Crippen molar-refractivity contribution in [2.75, 3.05) is 6.54 Å². The second kappa shape index (κ2) is 5.23. The van der Waals surface area contributed by atoms with Crippen LogP contribution in [0.2, 0.25) is 0 Å². The van der Waals surface area contributed by atoms with Gasteiger partial charge in [-0.15, -0.1) is 0 Å². The summed E-state index contributed by atoms with van der Waals surface area (Å²) in [6, 6.07) is 7.12. The summed E-state index contributed by atoms with van der Waals surface area (Å²) >= 11 is 0. The summed E-state index contributed by atoms with van der Waals surface area (Å²) in [5.41, 5.74) is 2.81. The molecule has 2 unspecified atom stereocenters. The topological polar surface area (TPSA) is 37.4 Å². The first kappa shape index (κ1) is 15.0. The van der Waals surface area contributed by atoms with Crippen LogP contribution in [0.5, 0.6) is 0 Å². The Morgan fingerprint density at radius 1 is 1.17 bits per heavy atom. The highest BCUT2D eigenvalue weighted by molar-refractivity contribution is 7.89. The molecule has 1 fully saturated rings. The SMILES string of the molecule is Cc1ccc(S(=O)(=O)N2C=CC3(C4=CCCCC4)CC3C2)cc1. The monoisotopic (exact) mass is 329 g/mol. The molecule has 4 rings (SSSR count). The maximum atomic E-state index is 12.8. The van der Waals surface area contributed by atoms with Gasteiger partial charge >= 0.3 is 0 Å². The Hall–Kier alpha value is -1.55. The Bertz CT molecular complexity index is 776. The van der Waals surface area contributed by atoms with Crippen molar-refractivity contribution in [1.82, 2.24) is 4.31 Å². The lowest BCUT2D eigenvalue weighted by molar-refractivity contribution is 0.431. The molecule has 0 radical (unpaired) electrons. The molecule has 0 spiro atoms. The van der Waals surface area contributed by atoms with Crippen molar-refractivity contribution in [3.05, 3.63) is 53.8 Å². The number of rotatable bonds is 3. The molecule has 0 N–H and O–H groups in total. The molecule has 23 heavy (non-hydrogen) atoms. The van der Waals surface area contributed by atoms with Gasteiger partial charge in [-0.1, -0.05) is 35.4 Å². The number of hydrogen-bond donors (Lipinski definition) is 0. The maximum Gasteiger partial charge on any atom is 0.263 e. The minimum absolute atomic E-state index is 0.180. The van der Waals surface area contributed by atoms with Crippen LogP contribution in [0.25, 0.3) is 0 Å². The first-order valence-electron chi connectivity index (χ1n) is 8.50. The minimum Gasteiger partial charge on any atom is -0.273 e. The first-order valence-corrected chi connectivity index (χ1v) is 9.94. The van der Waals surface area contributed by atoms with Crippen molar-refractivity contribution in [2.24, 2.45) is 11.3 Å². The van der Waals surface area contributed by atoms with Crippen molar-refractivity contribution >= 4 is 10.0 Å². The van der Waals surface area contributed by atoms with Gasteiger partial charge in [0.1, 0.15) is 0 Å². The van der Waals surface area contributed by atoms with Gasteiger partial charge in [0.25, 0.3) is 10.0 Å². The van der Waals surface area contributed by atoms with Gasteiger partial charge in [0, 0.05) is 18.2 Å². The molecule has 2 aliphatic carbocycles. The molecule has 1 aromatic carbocycles. The summed E-state index contributed by atoms with van der Waals surface area (Å²) in [6.45, 7) is 2.58. The quantitative estimate of drug-likeness (QED) is 0.786. The number of fused-ring (bicyclic) bond motifs is 1. The van der Waals surface area contributed by atoms with Gasteiger partial charge in [0.2, 0.25) is 0 Å². The Morgan fingerprint density at radius 2 is 1.96 bits per heavy atom. The predicted molar refractivity (Wildman–Crippen MR) is 91.3 cm³/mol. The highest BCUT2D eigenvalue weighted by atomic mass is 32.2. The predicted octanol–water partition coefficient (Wildman–Crippen LogP) is 4.02. The zero-order valence-electron chi connectivity index (χ0n) is 13.5. The molecule has 3 nitrogen and oxygen atoms in total. The van der Waals surface area contributed by atoms with Crippen molar-refractivity contribution in [1.29, 1.82) is 0 Å². The number of sulfonamides is 1. The molecule has 2 atom stereocenters. The number of allylic oxidation sites excluding steroid dienone is 3. The highest BCUT2D eigenvalue weighted by Gasteiger charge is 2.57. The van der Waals surface area contributed by atoms with E-state index in [9.17, 15) is 8.42 Å². The Kier molecular flexibility index (Phi) is 3.41. The van der Waals surface area contributed by atoms with Crippen LogP contribution in [0.4, 0.5) is 0 Å². The average Bonchev–Trinajstić information content (AvgIpc) is 3.31. The van der Waals surface area contributed by atoms with Crippen molar-refractivity contribution in [3.63, 3.8) is 0 Å². The van der Waals surface area contributed by atoms with Gasteiger partial charge < -0.3 is 0 Å². The van der Waals surface area contributed by atoms with E-state index in [1.807, 2.05) is 25.3 Å². The third kappa shape index (κ3) is 2.44. The zero-order chi connectivity index (χ0) is 16.1. The van der Waals surface area contributed by atoms with Crippen molar-refractivity contribution in [3.8, 4) is 0 Å². The van der Waals surface area contributed by atoms with E-state index >= 15 is 0 Å². The molecule has 1 heterocycles. The molecule has 1 aliphatic heterocycles. The van der Waals surface area contributed by atoms with Crippen LogP contribution in [-0.4, -0.2) is 19.3 Å². The molecule has 1 saturated carbocycles. The van der Waals surface area contributed by atoms with Crippen molar-refractivity contribution in [2.45, 2.75) is 43.9 Å². The summed E-state index contributed by atoms with van der Waals surface area (Å²) in [6.07, 6.45) is 12.4. The lowest BCUT2D eigenvalue weighted by Crippen LogP contribution is -2.32. The standard InChI is InChI=1S/C19H23NO2S/c1-15-7-9-18(10-8-15)23(21,22)20-12-11-19(13-17(19)14-20)16-5-3-2-4-6-16/h5,7-12,17H,2-4,6,13-14H2,1H3. The zero-order valence-corrected chi connectivity index (χ0v) is 14.3. The van der Waals surface area contributed by atoms with E-state index in [1.54, 1.807) is 17.7 Å². The third-order valence-electron chi connectivity index (χ3n) is 5.61. The van der Waals surface area contributed by atoms with Crippen LogP contribution in [0.1, 0.15) is 37.7 Å². The molecule has 1 aromatic rings. The summed E-state index contributed by atoms with van der Waals surface area (Å²) in [5, 5.41) is 0. The van der Waals surface area contributed by atoms with Gasteiger partial charge in [-0.3, -0.25) is 4.31 Å². The highest BCUT2D eigenvalue weighted by Crippen LogP contribution is 2.62. The normalized spacial score (nSPS) is 29.9. The fraction of sp³-hybridized carbons (Fsp3) is 0.474.